The molecule has 4 heterocycles. The van der Waals surface area contributed by atoms with Crippen molar-refractivity contribution in [3.05, 3.63) is 22.9 Å². The normalized spacial score (nSPS) is 18.8. The third-order valence-electron chi connectivity index (χ3n) is 5.83. The standard InChI is InChI=1S/C20H23BrN6O4S2/c1-33(28,29)27-5-2-3-12(9-27)4-6-26-10-23-18(22)17-19(26)25-20(24-17)32-16-8-15-14(7-13(16)21)30-11-31-15/h7-8,10,12H,2-6,9,11,22H2,1H3. The van der Waals surface area contributed by atoms with Crippen LogP contribution in [0, 0.1) is 5.92 Å². The summed E-state index contributed by atoms with van der Waals surface area (Å²) in [5, 5.41) is 0.555. The number of sulfonamides is 1. The highest BCUT2D eigenvalue weighted by atomic mass is 79.9. The van der Waals surface area contributed by atoms with Crippen molar-refractivity contribution in [3.8, 4) is 23.0 Å². The van der Waals surface area contributed by atoms with Crippen molar-refractivity contribution in [2.24, 2.45) is 5.92 Å². The average molecular weight is 555 g/mol. The quantitative estimate of drug-likeness (QED) is 0.489. The number of aromatic nitrogens is 4. The van der Waals surface area contributed by atoms with Crippen molar-refractivity contribution in [3.63, 3.8) is 0 Å². The second-order valence-corrected chi connectivity index (χ2v) is 12.0. The molecule has 0 radical (unpaired) electrons. The summed E-state index contributed by atoms with van der Waals surface area (Å²) in [6.07, 6.45) is 5.65. The van der Waals surface area contributed by atoms with Gasteiger partial charge >= 0.3 is 0 Å². The summed E-state index contributed by atoms with van der Waals surface area (Å²) in [5.41, 5.74) is 6.64. The summed E-state index contributed by atoms with van der Waals surface area (Å²) >= 11 is 4.96. The monoisotopic (exact) mass is 554 g/mol. The number of nitrogens with zero attached hydrogens (tertiary/aromatic N) is 5. The van der Waals surface area contributed by atoms with Gasteiger partial charge in [0, 0.05) is 29.0 Å². The molecule has 5 rings (SSSR count). The van der Waals surface area contributed by atoms with Crippen molar-refractivity contribution in [1.29, 1.82) is 0 Å². The van der Waals surface area contributed by atoms with Crippen LogP contribution < -0.4 is 15.2 Å². The first kappa shape index (κ1) is 22.7. The molecule has 1 unspecified atom stereocenters. The first-order chi connectivity index (χ1) is 15.8. The number of hydrogen-bond donors (Lipinski definition) is 1. The van der Waals surface area contributed by atoms with E-state index in [-0.39, 0.29) is 12.7 Å². The smallest absolute Gasteiger partial charge is 0.231 e. The molecule has 1 fully saturated rings. The maximum atomic E-state index is 11.9. The second-order valence-electron chi connectivity index (χ2n) is 8.16. The van der Waals surface area contributed by atoms with E-state index in [0.717, 1.165) is 28.6 Å². The number of piperidine rings is 1. The molecule has 10 nitrogen and oxygen atoms in total. The predicted octanol–water partition coefficient (Wildman–Crippen LogP) is 3.06. The molecule has 33 heavy (non-hydrogen) atoms. The SMILES string of the molecule is CS(=O)(=O)N1CCCC(CCn2cnc(N)c3nc(Sc4cc5c(cc4Br)OCO5)nc2-3)C1. The van der Waals surface area contributed by atoms with Gasteiger partial charge in [-0.15, -0.1) is 0 Å². The fourth-order valence-corrected chi connectivity index (χ4v) is 6.40. The molecule has 13 heteroatoms. The summed E-state index contributed by atoms with van der Waals surface area (Å²) in [4.78, 5) is 14.5. The van der Waals surface area contributed by atoms with E-state index in [0.29, 0.717) is 53.6 Å². The molecule has 176 valence electrons. The molecule has 2 N–H and O–H groups in total. The van der Waals surface area contributed by atoms with E-state index in [1.54, 1.807) is 10.6 Å². The first-order valence-electron chi connectivity index (χ1n) is 10.5. The molecule has 4 aliphatic heterocycles. The number of aryl methyl sites for hydroxylation is 1. The van der Waals surface area contributed by atoms with Gasteiger partial charge in [0.1, 0.15) is 0 Å². The lowest BCUT2D eigenvalue weighted by Crippen LogP contribution is -2.39. The number of anilines is 1. The van der Waals surface area contributed by atoms with Crippen LogP contribution in [-0.2, 0) is 16.6 Å². The summed E-state index contributed by atoms with van der Waals surface area (Å²) in [5.74, 6) is 2.66. The lowest BCUT2D eigenvalue weighted by atomic mass is 9.96. The molecule has 0 aliphatic carbocycles. The molecule has 0 bridgehead atoms. The number of rotatable bonds is 6. The largest absolute Gasteiger partial charge is 0.454 e. The van der Waals surface area contributed by atoms with Gasteiger partial charge in [-0.05, 0) is 65.0 Å². The van der Waals surface area contributed by atoms with E-state index in [2.05, 4.69) is 25.9 Å². The molecule has 4 aliphatic rings. The van der Waals surface area contributed by atoms with Gasteiger partial charge in [0.25, 0.3) is 0 Å². The summed E-state index contributed by atoms with van der Waals surface area (Å²) in [7, 11) is -3.16. The number of benzene rings is 1. The fourth-order valence-electron chi connectivity index (χ4n) is 4.10. The highest BCUT2D eigenvalue weighted by Crippen LogP contribution is 2.43. The molecule has 1 atom stereocenters. The Morgan fingerprint density at radius 1 is 1.27 bits per heavy atom. The first-order valence-corrected chi connectivity index (χ1v) is 13.9. The van der Waals surface area contributed by atoms with Crippen LogP contribution in [0.4, 0.5) is 5.82 Å². The minimum Gasteiger partial charge on any atom is -0.454 e. The van der Waals surface area contributed by atoms with E-state index in [4.69, 9.17) is 20.2 Å². The van der Waals surface area contributed by atoms with E-state index in [9.17, 15) is 8.42 Å². The van der Waals surface area contributed by atoms with Gasteiger partial charge in [-0.25, -0.2) is 27.7 Å². The number of fused-ring (bicyclic) bond motifs is 2. The highest BCUT2D eigenvalue weighted by Gasteiger charge is 2.27. The van der Waals surface area contributed by atoms with E-state index < -0.39 is 10.0 Å². The number of nitrogens with two attached hydrogens (primary N) is 1. The highest BCUT2D eigenvalue weighted by molar-refractivity contribution is 9.10. The van der Waals surface area contributed by atoms with E-state index >= 15 is 0 Å². The maximum absolute atomic E-state index is 11.9. The summed E-state index contributed by atoms with van der Waals surface area (Å²) in [6.45, 7) is 2.01. The van der Waals surface area contributed by atoms with Gasteiger partial charge in [-0.2, -0.15) is 0 Å². The van der Waals surface area contributed by atoms with Crippen LogP contribution in [0.15, 0.2) is 33.0 Å². The number of nitrogen functional groups attached to an aromatic ring is 1. The summed E-state index contributed by atoms with van der Waals surface area (Å²) in [6, 6.07) is 3.76. The topological polar surface area (TPSA) is 125 Å². The van der Waals surface area contributed by atoms with Gasteiger partial charge in [0.05, 0.1) is 12.6 Å². The van der Waals surface area contributed by atoms with Crippen molar-refractivity contribution in [2.45, 2.75) is 35.9 Å². The Bertz CT molecular complexity index is 1270. The minimum atomic E-state index is -3.16. The zero-order valence-corrected chi connectivity index (χ0v) is 21.1. The molecule has 1 aromatic carbocycles. The van der Waals surface area contributed by atoms with Crippen molar-refractivity contribution in [2.75, 3.05) is 31.9 Å². The maximum Gasteiger partial charge on any atom is 0.231 e. The Morgan fingerprint density at radius 2 is 2.06 bits per heavy atom. The fraction of sp³-hybridized carbons (Fsp3) is 0.450. The number of imidazole rings is 1. The van der Waals surface area contributed by atoms with Crippen LogP contribution in [-0.4, -0.2) is 58.4 Å². The Balaban J connectivity index is 1.34. The van der Waals surface area contributed by atoms with Crippen molar-refractivity contribution in [1.82, 2.24) is 23.8 Å². The lowest BCUT2D eigenvalue weighted by molar-refractivity contribution is 0.174. The average Bonchev–Trinajstić information content (AvgIpc) is 3.40. The molecule has 0 amide bonds. The molecule has 0 spiro atoms. The molecule has 1 aromatic rings. The molecule has 1 saturated heterocycles. The zero-order chi connectivity index (χ0) is 23.2. The summed E-state index contributed by atoms with van der Waals surface area (Å²) < 4.78 is 39.1. The van der Waals surface area contributed by atoms with Crippen LogP contribution in [0.2, 0.25) is 0 Å². The number of halogens is 1. The van der Waals surface area contributed by atoms with Gasteiger partial charge in [-0.1, -0.05) is 0 Å². The van der Waals surface area contributed by atoms with Crippen LogP contribution in [0.5, 0.6) is 11.5 Å². The van der Waals surface area contributed by atoms with Gasteiger partial charge in [0.15, 0.2) is 34.0 Å². The molecular weight excluding hydrogens is 532 g/mol. The zero-order valence-electron chi connectivity index (χ0n) is 17.9. The number of ether oxygens (including phenoxy) is 2. The Hall–Kier alpha value is -2.09. The van der Waals surface area contributed by atoms with Crippen molar-refractivity contribution < 1.29 is 17.9 Å². The Morgan fingerprint density at radius 3 is 2.85 bits per heavy atom. The predicted molar refractivity (Wildman–Crippen MR) is 127 cm³/mol. The third-order valence-corrected chi connectivity index (χ3v) is 8.94. The van der Waals surface area contributed by atoms with Gasteiger partial charge in [0.2, 0.25) is 16.8 Å². The molecular formula is C20H23BrN6O4S2. The Kier molecular flexibility index (Phi) is 6.14. The van der Waals surface area contributed by atoms with Crippen LogP contribution in [0.25, 0.3) is 11.5 Å². The second kappa shape index (κ2) is 8.93. The van der Waals surface area contributed by atoms with Gasteiger partial charge < -0.3 is 19.8 Å². The van der Waals surface area contributed by atoms with Crippen LogP contribution in [0.3, 0.4) is 0 Å². The number of hydrogen-bond acceptors (Lipinski definition) is 9. The minimum absolute atomic E-state index is 0.206. The Labute approximate surface area is 204 Å². The third kappa shape index (κ3) is 4.77. The van der Waals surface area contributed by atoms with E-state index in [1.807, 2.05) is 16.7 Å². The van der Waals surface area contributed by atoms with Crippen LogP contribution >= 0.6 is 27.7 Å². The van der Waals surface area contributed by atoms with Crippen molar-refractivity contribution >= 4 is 43.5 Å². The van der Waals surface area contributed by atoms with E-state index in [1.165, 1.54) is 18.0 Å². The molecule has 0 aromatic heterocycles. The lowest BCUT2D eigenvalue weighted by Gasteiger charge is -2.31. The van der Waals surface area contributed by atoms with Crippen LogP contribution in [0.1, 0.15) is 19.3 Å². The molecule has 0 saturated carbocycles. The van der Waals surface area contributed by atoms with Gasteiger partial charge in [-0.3, -0.25) is 0 Å².